The zero-order valence-corrected chi connectivity index (χ0v) is 17.7. The normalized spacial score (nSPS) is 15.0. The Morgan fingerprint density at radius 3 is 2.35 bits per heavy atom. The Morgan fingerprint density at radius 1 is 1.23 bits per heavy atom. The van der Waals surface area contributed by atoms with Crippen molar-refractivity contribution in [2.45, 2.75) is 39.3 Å². The first-order chi connectivity index (χ1) is 12.1. The van der Waals surface area contributed by atoms with E-state index in [0.717, 1.165) is 6.54 Å². The van der Waals surface area contributed by atoms with Crippen LogP contribution in [0.1, 0.15) is 37.4 Å². The van der Waals surface area contributed by atoms with Gasteiger partial charge in [-0.2, -0.15) is 0 Å². The van der Waals surface area contributed by atoms with E-state index < -0.39 is 9.84 Å². The first-order valence-corrected chi connectivity index (χ1v) is 11.1. The predicted octanol–water partition coefficient (Wildman–Crippen LogP) is 1.98. The number of hydrogen-bond donors (Lipinski definition) is 2. The molecule has 148 valence electrons. The summed E-state index contributed by atoms with van der Waals surface area (Å²) in [6.45, 7) is 7.44. The summed E-state index contributed by atoms with van der Waals surface area (Å²) in [5, 5.41) is 6.54. The van der Waals surface area contributed by atoms with Crippen LogP contribution in [-0.2, 0) is 9.84 Å². The van der Waals surface area contributed by atoms with E-state index in [1.54, 1.807) is 0 Å². The van der Waals surface area contributed by atoms with Gasteiger partial charge in [-0.15, -0.1) is 0 Å². The maximum atomic E-state index is 11.3. The van der Waals surface area contributed by atoms with Gasteiger partial charge in [-0.25, -0.2) is 8.42 Å². The van der Waals surface area contributed by atoms with Gasteiger partial charge >= 0.3 is 0 Å². The molecule has 0 fully saturated rings. The van der Waals surface area contributed by atoms with E-state index in [4.69, 9.17) is 4.99 Å². The average molecular weight is 383 g/mol. The van der Waals surface area contributed by atoms with E-state index in [0.29, 0.717) is 18.9 Å². The van der Waals surface area contributed by atoms with Gasteiger partial charge in [-0.3, -0.25) is 4.99 Å². The highest BCUT2D eigenvalue weighted by molar-refractivity contribution is 7.90. The zero-order valence-electron chi connectivity index (χ0n) is 16.9. The molecule has 6 nitrogen and oxygen atoms in total. The van der Waals surface area contributed by atoms with Gasteiger partial charge in [0.1, 0.15) is 9.84 Å². The number of sulfone groups is 1. The van der Waals surface area contributed by atoms with Crippen molar-refractivity contribution in [2.75, 3.05) is 39.2 Å². The number of nitrogens with zero attached hydrogens (tertiary/aromatic N) is 2. The minimum atomic E-state index is -2.95. The van der Waals surface area contributed by atoms with Crippen molar-refractivity contribution < 1.29 is 8.42 Å². The van der Waals surface area contributed by atoms with Gasteiger partial charge in [0, 0.05) is 18.8 Å². The highest BCUT2D eigenvalue weighted by Gasteiger charge is 2.15. The molecular formula is C19H34N4O2S. The molecule has 7 heteroatoms. The van der Waals surface area contributed by atoms with Gasteiger partial charge in [-0.05, 0) is 46.9 Å². The van der Waals surface area contributed by atoms with Crippen LogP contribution in [-0.4, -0.2) is 64.5 Å². The lowest BCUT2D eigenvalue weighted by atomic mass is 10.0. The van der Waals surface area contributed by atoms with Crippen molar-refractivity contribution >= 4 is 15.8 Å². The lowest BCUT2D eigenvalue weighted by Gasteiger charge is -2.24. The molecule has 2 unspecified atom stereocenters. The molecule has 0 aliphatic carbocycles. The number of aliphatic imine (C=N–C) groups is 1. The van der Waals surface area contributed by atoms with Gasteiger partial charge < -0.3 is 15.5 Å². The van der Waals surface area contributed by atoms with Crippen molar-refractivity contribution in [2.24, 2.45) is 4.99 Å². The molecule has 2 atom stereocenters. The maximum Gasteiger partial charge on any atom is 0.191 e. The summed E-state index contributed by atoms with van der Waals surface area (Å²) in [7, 11) is 1.15. The molecule has 2 N–H and O–H groups in total. The van der Waals surface area contributed by atoms with Crippen LogP contribution in [0.2, 0.25) is 0 Å². The molecule has 0 bridgehead atoms. The molecule has 0 aliphatic heterocycles. The highest BCUT2D eigenvalue weighted by atomic mass is 32.2. The van der Waals surface area contributed by atoms with Crippen LogP contribution in [0.4, 0.5) is 0 Å². The van der Waals surface area contributed by atoms with E-state index >= 15 is 0 Å². The van der Waals surface area contributed by atoms with Crippen LogP contribution in [0.25, 0.3) is 0 Å². The Morgan fingerprint density at radius 2 is 1.85 bits per heavy atom. The van der Waals surface area contributed by atoms with E-state index in [1.807, 2.05) is 13.8 Å². The number of benzene rings is 1. The van der Waals surface area contributed by atoms with E-state index in [-0.39, 0.29) is 17.8 Å². The molecule has 0 aliphatic rings. The van der Waals surface area contributed by atoms with Crippen LogP contribution < -0.4 is 10.6 Å². The van der Waals surface area contributed by atoms with Crippen molar-refractivity contribution in [1.29, 1.82) is 0 Å². The summed E-state index contributed by atoms with van der Waals surface area (Å²) in [5.41, 5.74) is 2.47. The quantitative estimate of drug-likeness (QED) is 0.505. The monoisotopic (exact) mass is 382 g/mol. The number of aryl methyl sites for hydroxylation is 1. The molecule has 0 spiro atoms. The molecular weight excluding hydrogens is 348 g/mol. The SMILES string of the molecule is CCNC(=NCC(c1ccc(C)cc1)N(C)C)NC(C)CCS(C)(=O)=O. The van der Waals surface area contributed by atoms with Gasteiger partial charge in [0.2, 0.25) is 0 Å². The van der Waals surface area contributed by atoms with Gasteiger partial charge in [-0.1, -0.05) is 29.8 Å². The Hall–Kier alpha value is -1.60. The van der Waals surface area contributed by atoms with Crippen molar-refractivity contribution in [1.82, 2.24) is 15.5 Å². The number of hydrogen-bond acceptors (Lipinski definition) is 4. The molecule has 0 amide bonds. The largest absolute Gasteiger partial charge is 0.357 e. The smallest absolute Gasteiger partial charge is 0.191 e. The molecule has 1 aromatic rings. The molecule has 0 aromatic heterocycles. The molecule has 1 aromatic carbocycles. The highest BCUT2D eigenvalue weighted by Crippen LogP contribution is 2.19. The van der Waals surface area contributed by atoms with E-state index in [2.05, 4.69) is 60.8 Å². The third kappa shape index (κ3) is 8.67. The molecule has 26 heavy (non-hydrogen) atoms. The number of rotatable bonds is 9. The van der Waals surface area contributed by atoms with Crippen molar-refractivity contribution in [3.63, 3.8) is 0 Å². The number of guanidine groups is 1. The van der Waals surface area contributed by atoms with Crippen LogP contribution in [0, 0.1) is 6.92 Å². The molecule has 0 heterocycles. The molecule has 0 radical (unpaired) electrons. The summed E-state index contributed by atoms with van der Waals surface area (Å²) in [6.07, 6.45) is 1.82. The third-order valence-corrected chi connectivity index (χ3v) is 5.13. The minimum Gasteiger partial charge on any atom is -0.357 e. The fraction of sp³-hybridized carbons (Fsp3) is 0.632. The minimum absolute atomic E-state index is 0.0275. The second-order valence-electron chi connectivity index (χ2n) is 7.07. The fourth-order valence-corrected chi connectivity index (χ4v) is 3.33. The Kier molecular flexibility index (Phi) is 9.08. The van der Waals surface area contributed by atoms with Gasteiger partial charge in [0.15, 0.2) is 5.96 Å². The molecule has 0 saturated carbocycles. The second-order valence-corrected chi connectivity index (χ2v) is 9.33. The summed E-state index contributed by atoms with van der Waals surface area (Å²) in [5.74, 6) is 0.886. The summed E-state index contributed by atoms with van der Waals surface area (Å²) in [4.78, 5) is 6.88. The van der Waals surface area contributed by atoms with Gasteiger partial charge in [0.05, 0.1) is 18.3 Å². The average Bonchev–Trinajstić information content (AvgIpc) is 2.54. The number of likely N-dealkylation sites (N-methyl/N-ethyl adjacent to an activating group) is 1. The lowest BCUT2D eigenvalue weighted by Crippen LogP contribution is -2.43. The first-order valence-electron chi connectivity index (χ1n) is 9.08. The van der Waals surface area contributed by atoms with E-state index in [1.165, 1.54) is 17.4 Å². The second kappa shape index (κ2) is 10.5. The Bertz CT molecular complexity index is 669. The van der Waals surface area contributed by atoms with Crippen molar-refractivity contribution in [3.05, 3.63) is 35.4 Å². The summed E-state index contributed by atoms with van der Waals surface area (Å²) in [6, 6.07) is 8.73. The molecule has 0 saturated heterocycles. The summed E-state index contributed by atoms with van der Waals surface area (Å²) >= 11 is 0. The number of nitrogens with one attached hydrogen (secondary N) is 2. The standard InChI is InChI=1S/C19H34N4O2S/c1-7-20-19(22-16(3)12-13-26(6,24)25)21-14-18(23(4)5)17-10-8-15(2)9-11-17/h8-11,16,18H,7,12-14H2,1-6H3,(H2,20,21,22). The lowest BCUT2D eigenvalue weighted by molar-refractivity contribution is 0.306. The van der Waals surface area contributed by atoms with Crippen LogP contribution in [0.15, 0.2) is 29.3 Å². The summed E-state index contributed by atoms with van der Waals surface area (Å²) < 4.78 is 22.7. The van der Waals surface area contributed by atoms with Crippen LogP contribution in [0.5, 0.6) is 0 Å². The van der Waals surface area contributed by atoms with E-state index in [9.17, 15) is 8.42 Å². The van der Waals surface area contributed by atoms with Crippen LogP contribution in [0.3, 0.4) is 0 Å². The predicted molar refractivity (Wildman–Crippen MR) is 111 cm³/mol. The van der Waals surface area contributed by atoms with Gasteiger partial charge in [0.25, 0.3) is 0 Å². The third-order valence-electron chi connectivity index (χ3n) is 4.16. The topological polar surface area (TPSA) is 73.8 Å². The fourth-order valence-electron chi connectivity index (χ4n) is 2.55. The zero-order chi connectivity index (χ0) is 19.7. The Balaban J connectivity index is 2.79. The Labute approximate surface area is 159 Å². The van der Waals surface area contributed by atoms with Crippen molar-refractivity contribution in [3.8, 4) is 0 Å². The van der Waals surface area contributed by atoms with Crippen LogP contribution >= 0.6 is 0 Å². The molecule has 1 rings (SSSR count). The first kappa shape index (κ1) is 22.4. The maximum absolute atomic E-state index is 11.3.